The Morgan fingerprint density at radius 1 is 1.40 bits per heavy atom. The molecule has 0 bridgehead atoms. The smallest absolute Gasteiger partial charge is 0.251 e. The molecular formula is C15H15BrFNOS. The van der Waals surface area contributed by atoms with Gasteiger partial charge in [0.2, 0.25) is 0 Å². The maximum absolute atomic E-state index is 13.1. The van der Waals surface area contributed by atoms with Crippen molar-refractivity contribution in [3.05, 3.63) is 55.9 Å². The molecule has 1 aromatic heterocycles. The van der Waals surface area contributed by atoms with Crippen LogP contribution in [0.15, 0.2) is 34.8 Å². The van der Waals surface area contributed by atoms with Crippen LogP contribution in [0.2, 0.25) is 0 Å². The molecule has 1 aromatic carbocycles. The van der Waals surface area contributed by atoms with E-state index in [1.807, 2.05) is 6.92 Å². The summed E-state index contributed by atoms with van der Waals surface area (Å²) in [6.45, 7) is 4.03. The Labute approximate surface area is 130 Å². The molecule has 5 heteroatoms. The van der Waals surface area contributed by atoms with E-state index in [0.29, 0.717) is 10.0 Å². The van der Waals surface area contributed by atoms with Crippen molar-refractivity contribution in [1.29, 1.82) is 0 Å². The minimum Gasteiger partial charge on any atom is -0.349 e. The van der Waals surface area contributed by atoms with Gasteiger partial charge >= 0.3 is 0 Å². The van der Waals surface area contributed by atoms with E-state index in [4.69, 9.17) is 0 Å². The minimum atomic E-state index is -0.372. The average Bonchev–Trinajstić information content (AvgIpc) is 2.77. The second kappa shape index (κ2) is 6.50. The van der Waals surface area contributed by atoms with Gasteiger partial charge in [-0.05, 0) is 60.1 Å². The van der Waals surface area contributed by atoms with E-state index >= 15 is 0 Å². The molecule has 0 aliphatic carbocycles. The van der Waals surface area contributed by atoms with Gasteiger partial charge in [-0.3, -0.25) is 4.79 Å². The number of halogens is 2. The lowest BCUT2D eigenvalue weighted by atomic mass is 10.1. The lowest BCUT2D eigenvalue weighted by Gasteiger charge is -2.13. The zero-order valence-corrected chi connectivity index (χ0v) is 13.6. The maximum atomic E-state index is 13.1. The fourth-order valence-electron chi connectivity index (χ4n) is 1.89. The summed E-state index contributed by atoms with van der Waals surface area (Å²) in [6.07, 6.45) is 0.798. The highest BCUT2D eigenvalue weighted by Crippen LogP contribution is 2.18. The monoisotopic (exact) mass is 355 g/mol. The van der Waals surface area contributed by atoms with Crippen molar-refractivity contribution >= 4 is 33.2 Å². The van der Waals surface area contributed by atoms with Crippen LogP contribution in [-0.2, 0) is 6.42 Å². The number of aryl methyl sites for hydroxylation is 1. The molecule has 1 unspecified atom stereocenters. The molecule has 0 radical (unpaired) electrons. The van der Waals surface area contributed by atoms with Crippen molar-refractivity contribution in [3.8, 4) is 0 Å². The molecule has 2 nitrogen and oxygen atoms in total. The van der Waals surface area contributed by atoms with Crippen LogP contribution in [0.1, 0.15) is 27.0 Å². The molecule has 0 fully saturated rings. The lowest BCUT2D eigenvalue weighted by Crippen LogP contribution is -2.33. The number of amides is 1. The fourth-order valence-corrected chi connectivity index (χ4v) is 3.29. The van der Waals surface area contributed by atoms with Crippen molar-refractivity contribution in [3.63, 3.8) is 0 Å². The number of hydrogen-bond donors (Lipinski definition) is 1. The number of nitrogens with one attached hydrogen (secondary N) is 1. The van der Waals surface area contributed by atoms with E-state index in [9.17, 15) is 9.18 Å². The molecule has 2 aromatic rings. The van der Waals surface area contributed by atoms with Crippen LogP contribution in [0.25, 0.3) is 0 Å². The predicted molar refractivity (Wildman–Crippen MR) is 83.8 cm³/mol. The minimum absolute atomic E-state index is 0.0318. The molecule has 2 rings (SSSR count). The summed E-state index contributed by atoms with van der Waals surface area (Å²) in [5.41, 5.74) is 0.451. The summed E-state index contributed by atoms with van der Waals surface area (Å²) in [5, 5.41) is 2.93. The highest BCUT2D eigenvalue weighted by molar-refractivity contribution is 9.10. The van der Waals surface area contributed by atoms with Crippen LogP contribution in [0.5, 0.6) is 0 Å². The summed E-state index contributed by atoms with van der Waals surface area (Å²) in [5.74, 6) is -0.560. The summed E-state index contributed by atoms with van der Waals surface area (Å²) >= 11 is 4.82. The summed E-state index contributed by atoms with van der Waals surface area (Å²) in [4.78, 5) is 14.6. The molecule has 20 heavy (non-hydrogen) atoms. The van der Waals surface area contributed by atoms with Crippen molar-refractivity contribution in [2.75, 3.05) is 0 Å². The van der Waals surface area contributed by atoms with E-state index in [2.05, 4.69) is 40.3 Å². The number of benzene rings is 1. The number of hydrogen-bond acceptors (Lipinski definition) is 2. The highest BCUT2D eigenvalue weighted by Gasteiger charge is 2.12. The molecule has 0 aliphatic rings. The topological polar surface area (TPSA) is 29.1 Å². The Morgan fingerprint density at radius 3 is 2.75 bits per heavy atom. The van der Waals surface area contributed by atoms with E-state index in [1.54, 1.807) is 11.3 Å². The fraction of sp³-hybridized carbons (Fsp3) is 0.267. The van der Waals surface area contributed by atoms with Crippen LogP contribution in [-0.4, -0.2) is 11.9 Å². The van der Waals surface area contributed by atoms with Crippen LogP contribution >= 0.6 is 27.3 Å². The van der Waals surface area contributed by atoms with Gasteiger partial charge in [0.25, 0.3) is 5.91 Å². The lowest BCUT2D eigenvalue weighted by molar-refractivity contribution is 0.0940. The van der Waals surface area contributed by atoms with Gasteiger partial charge in [0.15, 0.2) is 0 Å². The number of thiophene rings is 1. The molecule has 1 N–H and O–H groups in total. The van der Waals surface area contributed by atoms with Gasteiger partial charge in [0.1, 0.15) is 5.82 Å². The van der Waals surface area contributed by atoms with E-state index in [-0.39, 0.29) is 17.8 Å². The van der Waals surface area contributed by atoms with E-state index < -0.39 is 0 Å². The van der Waals surface area contributed by atoms with Crippen molar-refractivity contribution < 1.29 is 9.18 Å². The zero-order chi connectivity index (χ0) is 14.7. The van der Waals surface area contributed by atoms with Gasteiger partial charge in [-0.15, -0.1) is 11.3 Å². The number of rotatable bonds is 4. The van der Waals surface area contributed by atoms with Gasteiger partial charge in [-0.2, -0.15) is 0 Å². The molecule has 0 saturated heterocycles. The van der Waals surface area contributed by atoms with Crippen molar-refractivity contribution in [1.82, 2.24) is 5.32 Å². The molecule has 0 spiro atoms. The third-order valence-corrected chi connectivity index (χ3v) is 4.49. The van der Waals surface area contributed by atoms with Crippen molar-refractivity contribution in [2.45, 2.75) is 26.3 Å². The van der Waals surface area contributed by atoms with Gasteiger partial charge in [-0.25, -0.2) is 4.39 Å². The van der Waals surface area contributed by atoms with Crippen LogP contribution in [0, 0.1) is 12.7 Å². The second-order valence-electron chi connectivity index (χ2n) is 4.72. The molecule has 1 amide bonds. The number of carbonyl (C=O) groups is 1. The first-order valence-corrected chi connectivity index (χ1v) is 7.88. The average molecular weight is 356 g/mol. The SMILES string of the molecule is Cc1ccc(CC(C)NC(=O)c2ccc(F)c(Br)c2)s1. The first-order valence-electron chi connectivity index (χ1n) is 6.27. The van der Waals surface area contributed by atoms with Crippen LogP contribution < -0.4 is 5.32 Å². The maximum Gasteiger partial charge on any atom is 0.251 e. The predicted octanol–water partition coefficient (Wildman–Crippen LogP) is 4.32. The van der Waals surface area contributed by atoms with Gasteiger partial charge in [0.05, 0.1) is 4.47 Å². The van der Waals surface area contributed by atoms with Gasteiger partial charge in [0, 0.05) is 27.8 Å². The normalized spacial score (nSPS) is 12.2. The van der Waals surface area contributed by atoms with E-state index in [0.717, 1.165) is 6.42 Å². The quantitative estimate of drug-likeness (QED) is 0.869. The van der Waals surface area contributed by atoms with Crippen LogP contribution in [0.4, 0.5) is 4.39 Å². The largest absolute Gasteiger partial charge is 0.349 e. The summed E-state index contributed by atoms with van der Waals surface area (Å²) < 4.78 is 13.4. The third kappa shape index (κ3) is 3.90. The zero-order valence-electron chi connectivity index (χ0n) is 11.2. The molecule has 1 heterocycles. The van der Waals surface area contributed by atoms with Crippen molar-refractivity contribution in [2.24, 2.45) is 0 Å². The third-order valence-electron chi connectivity index (χ3n) is 2.86. The summed E-state index contributed by atoms with van der Waals surface area (Å²) in [6, 6.07) is 8.45. The second-order valence-corrected chi connectivity index (χ2v) is 6.95. The molecule has 1 atom stereocenters. The Balaban J connectivity index is 1.98. The van der Waals surface area contributed by atoms with Crippen LogP contribution in [0.3, 0.4) is 0 Å². The molecule has 0 aliphatic heterocycles. The Kier molecular flexibility index (Phi) is 4.94. The molecular weight excluding hydrogens is 341 g/mol. The standard InChI is InChI=1S/C15H15BrFNOS/c1-9(7-12-5-3-10(2)20-12)18-15(19)11-4-6-14(17)13(16)8-11/h3-6,8-9H,7H2,1-2H3,(H,18,19). The first-order chi connectivity index (χ1) is 9.45. The molecule has 106 valence electrons. The highest BCUT2D eigenvalue weighted by atomic mass is 79.9. The Bertz CT molecular complexity index is 626. The first kappa shape index (κ1) is 15.2. The van der Waals surface area contributed by atoms with Gasteiger partial charge < -0.3 is 5.32 Å². The Hall–Kier alpha value is -1.20. The molecule has 0 saturated carbocycles. The summed E-state index contributed by atoms with van der Waals surface area (Å²) in [7, 11) is 0. The van der Waals surface area contributed by atoms with E-state index in [1.165, 1.54) is 28.0 Å². The van der Waals surface area contributed by atoms with Gasteiger partial charge in [-0.1, -0.05) is 0 Å². The Morgan fingerprint density at radius 2 is 2.15 bits per heavy atom. The number of carbonyl (C=O) groups excluding carboxylic acids is 1.